The van der Waals surface area contributed by atoms with Crippen molar-refractivity contribution in [2.75, 3.05) is 13.1 Å². The summed E-state index contributed by atoms with van der Waals surface area (Å²) < 4.78 is 0. The van der Waals surface area contributed by atoms with E-state index in [1.807, 2.05) is 0 Å². The summed E-state index contributed by atoms with van der Waals surface area (Å²) in [5, 5.41) is 8.62. The molecule has 1 heterocycles. The van der Waals surface area contributed by atoms with Crippen molar-refractivity contribution in [2.24, 2.45) is 0 Å². The van der Waals surface area contributed by atoms with Gasteiger partial charge in [0.15, 0.2) is 0 Å². The fourth-order valence-corrected chi connectivity index (χ4v) is 2.41. The number of benzene rings is 1. The molecule has 94 valence electrons. The standard InChI is InChI=1S/C14H22N2O/c17-15-11-13-5-7-14(8-6-13)12-16-9-3-1-2-4-10-16/h5-8,15,17H,1-4,9-12H2. The number of hydrogen-bond acceptors (Lipinski definition) is 3. The van der Waals surface area contributed by atoms with Crippen LogP contribution in [0.1, 0.15) is 36.8 Å². The van der Waals surface area contributed by atoms with Gasteiger partial charge in [-0.25, -0.2) is 5.48 Å². The number of likely N-dealkylation sites (tertiary alicyclic amines) is 1. The highest BCUT2D eigenvalue weighted by Gasteiger charge is 2.09. The number of nitrogens with zero attached hydrogens (tertiary/aromatic N) is 1. The Hall–Kier alpha value is -0.900. The highest BCUT2D eigenvalue weighted by molar-refractivity contribution is 5.22. The predicted octanol–water partition coefficient (Wildman–Crippen LogP) is 2.54. The zero-order valence-electron chi connectivity index (χ0n) is 10.4. The van der Waals surface area contributed by atoms with E-state index in [9.17, 15) is 0 Å². The Morgan fingerprint density at radius 2 is 1.53 bits per heavy atom. The molecule has 0 radical (unpaired) electrons. The summed E-state index contributed by atoms with van der Waals surface area (Å²) in [7, 11) is 0. The van der Waals surface area contributed by atoms with Crippen LogP contribution in [0.2, 0.25) is 0 Å². The monoisotopic (exact) mass is 234 g/mol. The van der Waals surface area contributed by atoms with Crippen molar-refractivity contribution < 1.29 is 5.21 Å². The molecule has 1 aromatic rings. The van der Waals surface area contributed by atoms with Crippen molar-refractivity contribution >= 4 is 0 Å². The van der Waals surface area contributed by atoms with Gasteiger partial charge in [0.1, 0.15) is 0 Å². The van der Waals surface area contributed by atoms with Crippen LogP contribution in [0.5, 0.6) is 0 Å². The predicted molar refractivity (Wildman–Crippen MR) is 68.8 cm³/mol. The lowest BCUT2D eigenvalue weighted by Gasteiger charge is -2.19. The van der Waals surface area contributed by atoms with Crippen molar-refractivity contribution in [3.63, 3.8) is 0 Å². The molecule has 1 aliphatic rings. The molecule has 1 saturated heterocycles. The van der Waals surface area contributed by atoms with Crippen molar-refractivity contribution in [3.8, 4) is 0 Å². The van der Waals surface area contributed by atoms with E-state index in [4.69, 9.17) is 5.21 Å². The zero-order valence-corrected chi connectivity index (χ0v) is 10.4. The second-order valence-electron chi connectivity index (χ2n) is 4.84. The minimum absolute atomic E-state index is 0.518. The van der Waals surface area contributed by atoms with E-state index >= 15 is 0 Å². The summed E-state index contributed by atoms with van der Waals surface area (Å²) in [4.78, 5) is 2.55. The third kappa shape index (κ3) is 4.11. The van der Waals surface area contributed by atoms with Crippen LogP contribution in [0, 0.1) is 0 Å². The Bertz CT molecular complexity index is 315. The molecular weight excluding hydrogens is 212 g/mol. The van der Waals surface area contributed by atoms with Crippen LogP contribution in [0.25, 0.3) is 0 Å². The Morgan fingerprint density at radius 3 is 2.12 bits per heavy atom. The molecule has 0 amide bonds. The normalized spacial score (nSPS) is 17.9. The van der Waals surface area contributed by atoms with Crippen molar-refractivity contribution in [3.05, 3.63) is 35.4 Å². The summed E-state index contributed by atoms with van der Waals surface area (Å²) in [5.41, 5.74) is 4.67. The van der Waals surface area contributed by atoms with Gasteiger partial charge in [0.2, 0.25) is 0 Å². The molecule has 1 fully saturated rings. The molecule has 3 nitrogen and oxygen atoms in total. The summed E-state index contributed by atoms with van der Waals surface area (Å²) in [6, 6.07) is 8.49. The van der Waals surface area contributed by atoms with E-state index in [0.29, 0.717) is 6.54 Å². The second kappa shape index (κ2) is 6.74. The van der Waals surface area contributed by atoms with Crippen LogP contribution >= 0.6 is 0 Å². The molecule has 0 atom stereocenters. The molecule has 0 aromatic heterocycles. The molecule has 0 saturated carbocycles. The average molecular weight is 234 g/mol. The van der Waals surface area contributed by atoms with Gasteiger partial charge in [-0.3, -0.25) is 4.90 Å². The van der Waals surface area contributed by atoms with E-state index < -0.39 is 0 Å². The van der Waals surface area contributed by atoms with Crippen LogP contribution < -0.4 is 5.48 Å². The first-order chi connectivity index (χ1) is 8.38. The SMILES string of the molecule is ONCc1ccc(CN2CCCCCC2)cc1. The van der Waals surface area contributed by atoms with Crippen LogP contribution in [-0.4, -0.2) is 23.2 Å². The lowest BCUT2D eigenvalue weighted by atomic mass is 10.1. The van der Waals surface area contributed by atoms with E-state index in [2.05, 4.69) is 34.6 Å². The van der Waals surface area contributed by atoms with E-state index in [0.717, 1.165) is 12.1 Å². The molecule has 1 aliphatic heterocycles. The van der Waals surface area contributed by atoms with Gasteiger partial charge in [-0.2, -0.15) is 0 Å². The van der Waals surface area contributed by atoms with Gasteiger partial charge in [-0.15, -0.1) is 0 Å². The van der Waals surface area contributed by atoms with Crippen LogP contribution in [-0.2, 0) is 13.1 Å². The fourth-order valence-electron chi connectivity index (χ4n) is 2.41. The first-order valence-corrected chi connectivity index (χ1v) is 6.55. The molecule has 0 spiro atoms. The molecule has 3 heteroatoms. The maximum atomic E-state index is 8.62. The maximum Gasteiger partial charge on any atom is 0.0458 e. The molecule has 17 heavy (non-hydrogen) atoms. The summed E-state index contributed by atoms with van der Waals surface area (Å²) >= 11 is 0. The number of rotatable bonds is 4. The summed E-state index contributed by atoms with van der Waals surface area (Å²) in [6.07, 6.45) is 5.45. The van der Waals surface area contributed by atoms with Crippen molar-refractivity contribution in [1.29, 1.82) is 0 Å². The fraction of sp³-hybridized carbons (Fsp3) is 0.571. The Labute approximate surface area is 103 Å². The molecule has 0 unspecified atom stereocenters. The van der Waals surface area contributed by atoms with Gasteiger partial charge in [-0.05, 0) is 37.1 Å². The van der Waals surface area contributed by atoms with Crippen LogP contribution in [0.15, 0.2) is 24.3 Å². The average Bonchev–Trinajstić information content (AvgIpc) is 2.61. The molecule has 2 rings (SSSR count). The lowest BCUT2D eigenvalue weighted by Crippen LogP contribution is -2.23. The van der Waals surface area contributed by atoms with Crippen LogP contribution in [0.3, 0.4) is 0 Å². The summed E-state index contributed by atoms with van der Waals surface area (Å²) in [6.45, 7) is 4.05. The van der Waals surface area contributed by atoms with Crippen LogP contribution in [0.4, 0.5) is 0 Å². The summed E-state index contributed by atoms with van der Waals surface area (Å²) in [5.74, 6) is 0. The minimum Gasteiger partial charge on any atom is -0.316 e. The largest absolute Gasteiger partial charge is 0.316 e. The van der Waals surface area contributed by atoms with Gasteiger partial charge < -0.3 is 5.21 Å². The number of hydroxylamine groups is 1. The van der Waals surface area contributed by atoms with E-state index in [1.165, 1.54) is 44.3 Å². The third-order valence-electron chi connectivity index (χ3n) is 3.41. The number of hydrogen-bond donors (Lipinski definition) is 2. The Balaban J connectivity index is 1.88. The first kappa shape index (κ1) is 12.6. The van der Waals surface area contributed by atoms with Gasteiger partial charge >= 0.3 is 0 Å². The quantitative estimate of drug-likeness (QED) is 0.786. The molecule has 0 bridgehead atoms. The molecular formula is C14H22N2O. The minimum atomic E-state index is 0.518. The van der Waals surface area contributed by atoms with E-state index in [-0.39, 0.29) is 0 Å². The Morgan fingerprint density at radius 1 is 0.941 bits per heavy atom. The van der Waals surface area contributed by atoms with Gasteiger partial charge in [-0.1, -0.05) is 37.1 Å². The van der Waals surface area contributed by atoms with E-state index in [1.54, 1.807) is 0 Å². The zero-order chi connectivity index (χ0) is 11.9. The first-order valence-electron chi connectivity index (χ1n) is 6.55. The van der Waals surface area contributed by atoms with Crippen molar-refractivity contribution in [1.82, 2.24) is 10.4 Å². The third-order valence-corrected chi connectivity index (χ3v) is 3.41. The molecule has 2 N–H and O–H groups in total. The molecule has 1 aromatic carbocycles. The van der Waals surface area contributed by atoms with Crippen molar-refractivity contribution in [2.45, 2.75) is 38.8 Å². The highest BCUT2D eigenvalue weighted by atomic mass is 16.5. The topological polar surface area (TPSA) is 35.5 Å². The lowest BCUT2D eigenvalue weighted by molar-refractivity contribution is 0.161. The van der Waals surface area contributed by atoms with Gasteiger partial charge in [0, 0.05) is 13.1 Å². The second-order valence-corrected chi connectivity index (χ2v) is 4.84. The van der Waals surface area contributed by atoms with Gasteiger partial charge in [0.25, 0.3) is 0 Å². The molecule has 0 aliphatic carbocycles. The number of nitrogens with one attached hydrogen (secondary N) is 1. The maximum absolute atomic E-state index is 8.62. The Kier molecular flexibility index (Phi) is 4.98. The van der Waals surface area contributed by atoms with Gasteiger partial charge in [0.05, 0.1) is 0 Å². The smallest absolute Gasteiger partial charge is 0.0458 e. The highest BCUT2D eigenvalue weighted by Crippen LogP contribution is 2.13.